The monoisotopic (exact) mass is 208 g/mol. The van der Waals surface area contributed by atoms with Gasteiger partial charge in [0.05, 0.1) is 0 Å². The molecule has 0 spiro atoms. The third-order valence-corrected chi connectivity index (χ3v) is 1.86. The van der Waals surface area contributed by atoms with Crippen LogP contribution < -0.4 is 5.73 Å². The Labute approximate surface area is 77.5 Å². The Balaban J connectivity index is 4.12. The van der Waals surface area contributed by atoms with Crippen molar-refractivity contribution in [1.82, 2.24) is 0 Å². The minimum Gasteiger partial charge on any atom is -0.480 e. The van der Waals surface area contributed by atoms with Gasteiger partial charge in [-0.2, -0.15) is 12.8 Å². The fourth-order valence-electron chi connectivity index (χ4n) is 0.807. The molecule has 0 saturated carbocycles. The highest BCUT2D eigenvalue weighted by atomic mass is 32.2. The maximum atomic E-state index is 10.4. The van der Waals surface area contributed by atoms with Gasteiger partial charge in [-0.3, -0.25) is 0 Å². The number of unbranched alkanes of at least 4 members (excludes halogenated alkanes) is 1. The highest BCUT2D eigenvalue weighted by molar-refractivity contribution is 7.61. The number of hydrogen-bond donors (Lipinski definition) is 2. The molecule has 0 amide bonds. The average Bonchev–Trinajstić information content (AvgIpc) is 2.02. The van der Waals surface area contributed by atoms with Crippen molar-refractivity contribution < 1.29 is 18.3 Å². The summed E-state index contributed by atoms with van der Waals surface area (Å²) in [5, 5.41) is 8.52. The predicted octanol–water partition coefficient (Wildman–Crippen LogP) is -0.369. The van der Waals surface area contributed by atoms with E-state index in [4.69, 9.17) is 10.8 Å². The van der Waals surface area contributed by atoms with Crippen molar-refractivity contribution in [2.24, 2.45) is 10.1 Å². The van der Waals surface area contributed by atoms with Gasteiger partial charge < -0.3 is 10.8 Å². The molecule has 0 aliphatic carbocycles. The summed E-state index contributed by atoms with van der Waals surface area (Å²) in [6, 6.07) is -1.16. The summed E-state index contributed by atoms with van der Waals surface area (Å²) in [4.78, 5) is 10.4. The van der Waals surface area contributed by atoms with E-state index in [2.05, 4.69) is 4.36 Å². The number of nitrogens with zero attached hydrogens (tertiary/aromatic N) is 1. The van der Waals surface area contributed by atoms with Gasteiger partial charge in [-0.05, 0) is 25.8 Å². The van der Waals surface area contributed by atoms with E-state index >= 15 is 0 Å². The van der Waals surface area contributed by atoms with E-state index in [9.17, 15) is 13.2 Å². The third-order valence-electron chi connectivity index (χ3n) is 1.43. The number of carboxylic acid groups (broad SMARTS) is 1. The van der Waals surface area contributed by atoms with E-state index in [1.54, 1.807) is 0 Å². The predicted molar refractivity (Wildman–Crippen MR) is 45.7 cm³/mol. The van der Waals surface area contributed by atoms with Gasteiger partial charge in [0.25, 0.3) is 0 Å². The smallest absolute Gasteiger partial charge is 0.329 e. The molecule has 0 aliphatic rings. The lowest BCUT2D eigenvalue weighted by Gasteiger charge is -2.02. The number of aliphatic carboxylic acids is 1. The maximum Gasteiger partial charge on any atom is 0.329 e. The van der Waals surface area contributed by atoms with Gasteiger partial charge in [0.15, 0.2) is 6.04 Å². The zero-order valence-corrected chi connectivity index (χ0v) is 7.83. The Morgan fingerprint density at radius 2 is 2.08 bits per heavy atom. The number of carbonyl (C=O) groups is 1. The summed E-state index contributed by atoms with van der Waals surface area (Å²) < 4.78 is 23.2. The van der Waals surface area contributed by atoms with Gasteiger partial charge in [0.1, 0.15) is 0 Å². The Morgan fingerprint density at radius 3 is 2.46 bits per heavy atom. The van der Waals surface area contributed by atoms with Crippen LogP contribution in [0.1, 0.15) is 19.3 Å². The van der Waals surface area contributed by atoms with Gasteiger partial charge in [-0.15, -0.1) is 0 Å². The first-order chi connectivity index (χ1) is 6.07. The zero-order chi connectivity index (χ0) is 10.3. The second-order valence-electron chi connectivity index (χ2n) is 2.46. The van der Waals surface area contributed by atoms with Gasteiger partial charge in [-0.25, -0.2) is 4.79 Å². The van der Waals surface area contributed by atoms with Crippen molar-refractivity contribution in [3.8, 4) is 0 Å². The number of nitrogens with two attached hydrogens (primary N) is 1. The molecule has 0 rings (SSSR count). The van der Waals surface area contributed by atoms with E-state index in [0.717, 1.165) is 0 Å². The first-order valence-electron chi connectivity index (χ1n) is 3.81. The van der Waals surface area contributed by atoms with Gasteiger partial charge in [0.2, 0.25) is 0 Å². The van der Waals surface area contributed by atoms with Gasteiger partial charge >= 0.3 is 16.5 Å². The van der Waals surface area contributed by atoms with E-state index < -0.39 is 22.5 Å². The quantitative estimate of drug-likeness (QED) is 0.579. The minimum atomic E-state index is -2.66. The maximum absolute atomic E-state index is 10.4. The topological polar surface area (TPSA) is 110 Å². The molecule has 0 aromatic rings. The van der Waals surface area contributed by atoms with Crippen LogP contribution in [0.3, 0.4) is 0 Å². The molecule has 0 aromatic heterocycles. The molecule has 1 atom stereocenters. The summed E-state index contributed by atoms with van der Waals surface area (Å²) in [5.74, 6) is -1.22. The summed E-state index contributed by atoms with van der Waals surface area (Å²) in [7, 11) is -2.66. The molecule has 7 heteroatoms. The van der Waals surface area contributed by atoms with Gasteiger partial charge in [-0.1, -0.05) is 0 Å². The van der Waals surface area contributed by atoms with Crippen LogP contribution in [0, 0.1) is 0 Å². The molecule has 13 heavy (non-hydrogen) atoms. The summed E-state index contributed by atoms with van der Waals surface area (Å²) in [6.07, 6.45) is 1.44. The molecule has 0 heterocycles. The van der Waals surface area contributed by atoms with E-state index in [1.165, 1.54) is 0 Å². The second-order valence-corrected chi connectivity index (χ2v) is 3.11. The van der Waals surface area contributed by atoms with Crippen molar-refractivity contribution in [3.05, 3.63) is 0 Å². The van der Waals surface area contributed by atoms with Crippen molar-refractivity contribution in [2.45, 2.75) is 25.3 Å². The number of rotatable bonds is 6. The molecule has 6 nitrogen and oxygen atoms in total. The van der Waals surface area contributed by atoms with Gasteiger partial charge in [0, 0.05) is 0 Å². The van der Waals surface area contributed by atoms with E-state index in [1.807, 2.05) is 0 Å². The number of hydrogen-bond acceptors (Lipinski definition) is 5. The van der Waals surface area contributed by atoms with Crippen LogP contribution >= 0.6 is 0 Å². The Hall–Kier alpha value is -0.950. The Kier molecular flexibility index (Phi) is 6.07. The molecule has 0 aliphatic heterocycles. The SMILES string of the molecule is NCCCC[C@H](N=S(=O)=O)C(=O)O. The molecular weight excluding hydrogens is 196 g/mol. The van der Waals surface area contributed by atoms with Crippen LogP contribution in [0.2, 0.25) is 0 Å². The van der Waals surface area contributed by atoms with Crippen molar-refractivity contribution in [3.63, 3.8) is 0 Å². The molecular formula is C6H12N2O4S. The summed E-state index contributed by atoms with van der Waals surface area (Å²) >= 11 is 0. The average molecular weight is 208 g/mol. The zero-order valence-electron chi connectivity index (χ0n) is 7.01. The van der Waals surface area contributed by atoms with E-state index in [0.29, 0.717) is 19.4 Å². The lowest BCUT2D eigenvalue weighted by Crippen LogP contribution is -2.17. The lowest BCUT2D eigenvalue weighted by atomic mass is 10.1. The fraction of sp³-hybridized carbons (Fsp3) is 0.833. The molecule has 0 fully saturated rings. The first-order valence-corrected chi connectivity index (χ1v) is 4.84. The Bertz CT molecular complexity index is 277. The molecule has 0 bridgehead atoms. The standard InChI is InChI=1S/C6H12N2O4S/c7-4-2-1-3-5(6(9)10)8-13(11)12/h5H,1-4,7H2,(H,9,10)/t5-/m0/s1. The molecule has 3 N–H and O–H groups in total. The summed E-state index contributed by atoms with van der Waals surface area (Å²) in [5.41, 5.74) is 5.19. The molecule has 0 aromatic carbocycles. The van der Waals surface area contributed by atoms with Crippen LogP contribution in [0.5, 0.6) is 0 Å². The minimum absolute atomic E-state index is 0.209. The van der Waals surface area contributed by atoms with Crippen LogP contribution in [-0.4, -0.2) is 32.1 Å². The highest BCUT2D eigenvalue weighted by Gasteiger charge is 2.15. The normalized spacial score (nSPS) is 12.1. The van der Waals surface area contributed by atoms with Crippen molar-refractivity contribution >= 4 is 16.5 Å². The van der Waals surface area contributed by atoms with Crippen LogP contribution in [0.25, 0.3) is 0 Å². The van der Waals surface area contributed by atoms with Crippen molar-refractivity contribution in [1.29, 1.82) is 0 Å². The first kappa shape index (κ1) is 12.0. The fourth-order valence-corrected chi connectivity index (χ4v) is 1.21. The molecule has 0 unspecified atom stereocenters. The van der Waals surface area contributed by atoms with Crippen molar-refractivity contribution in [2.75, 3.05) is 6.54 Å². The molecule has 0 saturated heterocycles. The van der Waals surface area contributed by atoms with Crippen LogP contribution in [0.15, 0.2) is 4.36 Å². The van der Waals surface area contributed by atoms with Crippen LogP contribution in [0.4, 0.5) is 0 Å². The number of carboxylic acids is 1. The Morgan fingerprint density at radius 1 is 1.46 bits per heavy atom. The highest BCUT2D eigenvalue weighted by Crippen LogP contribution is 2.04. The molecule has 76 valence electrons. The largest absolute Gasteiger partial charge is 0.480 e. The molecule has 0 radical (unpaired) electrons. The lowest BCUT2D eigenvalue weighted by molar-refractivity contribution is -0.138. The van der Waals surface area contributed by atoms with E-state index in [-0.39, 0.29) is 6.42 Å². The summed E-state index contributed by atoms with van der Waals surface area (Å²) in [6.45, 7) is 0.465. The third kappa shape index (κ3) is 6.23. The van der Waals surface area contributed by atoms with Crippen LogP contribution in [-0.2, 0) is 15.3 Å². The second kappa shape index (κ2) is 6.55.